The summed E-state index contributed by atoms with van der Waals surface area (Å²) in [6, 6.07) is 0.366. The maximum absolute atomic E-state index is 12.3. The number of rotatable bonds is 4. The molecule has 1 heterocycles. The minimum absolute atomic E-state index is 0.105. The van der Waals surface area contributed by atoms with E-state index in [0.717, 1.165) is 52.1 Å². The van der Waals surface area contributed by atoms with Crippen molar-refractivity contribution >= 4 is 5.91 Å². The molecular formula is C15H29N3O2. The standard InChI is InChI=1S/C15H29N3O2/c1-11-3-4-13(9-14(11)16)15(19)17-12(2)10-18-5-7-20-8-6-18/h11-14H,3-10,16H2,1-2H3,(H,17,19). The average molecular weight is 283 g/mol. The Morgan fingerprint density at radius 1 is 1.40 bits per heavy atom. The summed E-state index contributed by atoms with van der Waals surface area (Å²) < 4.78 is 5.34. The van der Waals surface area contributed by atoms with Crippen LogP contribution in [0.1, 0.15) is 33.1 Å². The van der Waals surface area contributed by atoms with Gasteiger partial charge in [-0.1, -0.05) is 6.92 Å². The van der Waals surface area contributed by atoms with Crippen LogP contribution >= 0.6 is 0 Å². The number of nitrogens with two attached hydrogens (primary N) is 1. The van der Waals surface area contributed by atoms with Crippen molar-refractivity contribution in [3.63, 3.8) is 0 Å². The van der Waals surface area contributed by atoms with Crippen LogP contribution in [0.4, 0.5) is 0 Å². The van der Waals surface area contributed by atoms with Crippen molar-refractivity contribution in [1.82, 2.24) is 10.2 Å². The van der Waals surface area contributed by atoms with E-state index in [1.54, 1.807) is 0 Å². The summed E-state index contributed by atoms with van der Waals surface area (Å²) in [5.74, 6) is 0.839. The number of carbonyl (C=O) groups excluding carboxylic acids is 1. The average Bonchev–Trinajstić information content (AvgIpc) is 2.42. The molecular weight excluding hydrogens is 254 g/mol. The Labute approximate surface area is 122 Å². The lowest BCUT2D eigenvalue weighted by molar-refractivity contribution is -0.127. The largest absolute Gasteiger partial charge is 0.379 e. The Bertz CT molecular complexity index is 318. The summed E-state index contributed by atoms with van der Waals surface area (Å²) in [6.45, 7) is 8.70. The molecule has 5 nitrogen and oxygen atoms in total. The van der Waals surface area contributed by atoms with Crippen LogP contribution in [0.25, 0.3) is 0 Å². The normalized spacial score (nSPS) is 33.6. The predicted octanol–water partition coefficient (Wildman–Crippen LogP) is 0.587. The molecule has 0 spiro atoms. The van der Waals surface area contributed by atoms with Gasteiger partial charge in [0.25, 0.3) is 0 Å². The number of carbonyl (C=O) groups is 1. The molecule has 4 atom stereocenters. The van der Waals surface area contributed by atoms with Gasteiger partial charge in [-0.25, -0.2) is 0 Å². The zero-order valence-electron chi connectivity index (χ0n) is 12.8. The van der Waals surface area contributed by atoms with E-state index in [-0.39, 0.29) is 23.9 Å². The summed E-state index contributed by atoms with van der Waals surface area (Å²) >= 11 is 0. The lowest BCUT2D eigenvalue weighted by atomic mass is 9.79. The third-order valence-electron chi connectivity index (χ3n) is 4.65. The van der Waals surface area contributed by atoms with Crippen molar-refractivity contribution in [3.8, 4) is 0 Å². The van der Waals surface area contributed by atoms with Crippen LogP contribution in [-0.2, 0) is 9.53 Å². The number of amides is 1. The second-order valence-corrected chi connectivity index (χ2v) is 6.47. The van der Waals surface area contributed by atoms with E-state index in [2.05, 4.69) is 24.1 Å². The maximum Gasteiger partial charge on any atom is 0.223 e. The first kappa shape index (κ1) is 15.7. The number of ether oxygens (including phenoxy) is 1. The molecule has 0 aromatic rings. The monoisotopic (exact) mass is 283 g/mol. The van der Waals surface area contributed by atoms with Gasteiger partial charge in [-0.3, -0.25) is 9.69 Å². The van der Waals surface area contributed by atoms with Gasteiger partial charge in [-0.05, 0) is 32.1 Å². The van der Waals surface area contributed by atoms with E-state index in [1.807, 2.05) is 0 Å². The lowest BCUT2D eigenvalue weighted by Gasteiger charge is -2.33. The molecule has 0 aromatic heterocycles. The van der Waals surface area contributed by atoms with Crippen LogP contribution in [0, 0.1) is 11.8 Å². The van der Waals surface area contributed by atoms with Crippen LogP contribution in [0.5, 0.6) is 0 Å². The topological polar surface area (TPSA) is 67.6 Å². The highest BCUT2D eigenvalue weighted by Gasteiger charge is 2.30. The van der Waals surface area contributed by atoms with Crippen molar-refractivity contribution in [2.45, 2.75) is 45.2 Å². The summed E-state index contributed by atoms with van der Waals surface area (Å²) in [5, 5.41) is 3.16. The molecule has 116 valence electrons. The summed E-state index contributed by atoms with van der Waals surface area (Å²) in [6.07, 6.45) is 2.87. The molecule has 1 amide bonds. The first-order chi connectivity index (χ1) is 9.56. The van der Waals surface area contributed by atoms with Crippen LogP contribution in [0.15, 0.2) is 0 Å². The van der Waals surface area contributed by atoms with Crippen LogP contribution in [-0.4, -0.2) is 55.7 Å². The van der Waals surface area contributed by atoms with E-state index < -0.39 is 0 Å². The van der Waals surface area contributed by atoms with Gasteiger partial charge in [0.1, 0.15) is 0 Å². The highest BCUT2D eigenvalue weighted by Crippen LogP contribution is 2.27. The minimum Gasteiger partial charge on any atom is -0.379 e. The molecule has 20 heavy (non-hydrogen) atoms. The molecule has 0 radical (unpaired) electrons. The Morgan fingerprint density at radius 2 is 2.10 bits per heavy atom. The molecule has 1 saturated heterocycles. The van der Waals surface area contributed by atoms with E-state index in [0.29, 0.717) is 5.92 Å². The quantitative estimate of drug-likeness (QED) is 0.792. The predicted molar refractivity (Wildman–Crippen MR) is 79.3 cm³/mol. The highest BCUT2D eigenvalue weighted by molar-refractivity contribution is 5.79. The number of morpholine rings is 1. The van der Waals surface area contributed by atoms with Gasteiger partial charge in [0.2, 0.25) is 5.91 Å². The van der Waals surface area contributed by atoms with Gasteiger partial charge in [-0.15, -0.1) is 0 Å². The Hall–Kier alpha value is -0.650. The van der Waals surface area contributed by atoms with Crippen molar-refractivity contribution in [2.75, 3.05) is 32.8 Å². The first-order valence-electron chi connectivity index (χ1n) is 7.92. The second kappa shape index (κ2) is 7.38. The molecule has 2 rings (SSSR count). The number of hydrogen-bond acceptors (Lipinski definition) is 4. The Kier molecular flexibility index (Phi) is 5.81. The first-order valence-corrected chi connectivity index (χ1v) is 7.92. The molecule has 4 unspecified atom stereocenters. The van der Waals surface area contributed by atoms with Gasteiger partial charge in [0.15, 0.2) is 0 Å². The SMILES string of the molecule is CC(CN1CCOCC1)NC(=O)C1CCC(C)C(N)C1. The van der Waals surface area contributed by atoms with Crippen molar-refractivity contribution in [2.24, 2.45) is 17.6 Å². The number of nitrogens with zero attached hydrogens (tertiary/aromatic N) is 1. The zero-order valence-corrected chi connectivity index (χ0v) is 12.8. The Balaban J connectivity index is 1.73. The fraction of sp³-hybridized carbons (Fsp3) is 0.933. The molecule has 2 fully saturated rings. The molecule has 0 aromatic carbocycles. The van der Waals surface area contributed by atoms with E-state index in [4.69, 9.17) is 10.5 Å². The third kappa shape index (κ3) is 4.43. The summed E-state index contributed by atoms with van der Waals surface area (Å²) in [7, 11) is 0. The Morgan fingerprint density at radius 3 is 2.75 bits per heavy atom. The van der Waals surface area contributed by atoms with Crippen molar-refractivity contribution in [3.05, 3.63) is 0 Å². The zero-order chi connectivity index (χ0) is 14.5. The number of hydrogen-bond donors (Lipinski definition) is 2. The van der Waals surface area contributed by atoms with Crippen LogP contribution in [0.2, 0.25) is 0 Å². The van der Waals surface area contributed by atoms with Crippen molar-refractivity contribution < 1.29 is 9.53 Å². The third-order valence-corrected chi connectivity index (χ3v) is 4.65. The van der Waals surface area contributed by atoms with E-state index in [9.17, 15) is 4.79 Å². The van der Waals surface area contributed by atoms with Gasteiger partial charge in [0, 0.05) is 37.6 Å². The summed E-state index contributed by atoms with van der Waals surface area (Å²) in [4.78, 5) is 14.6. The molecule has 1 saturated carbocycles. The smallest absolute Gasteiger partial charge is 0.223 e. The van der Waals surface area contributed by atoms with Gasteiger partial charge < -0.3 is 15.8 Å². The summed E-state index contributed by atoms with van der Waals surface area (Å²) in [5.41, 5.74) is 6.08. The number of nitrogens with one attached hydrogen (secondary N) is 1. The second-order valence-electron chi connectivity index (χ2n) is 6.47. The van der Waals surface area contributed by atoms with Gasteiger partial charge >= 0.3 is 0 Å². The minimum atomic E-state index is 0.105. The van der Waals surface area contributed by atoms with Gasteiger partial charge in [-0.2, -0.15) is 0 Å². The fourth-order valence-corrected chi connectivity index (χ4v) is 3.17. The van der Waals surface area contributed by atoms with E-state index in [1.165, 1.54) is 0 Å². The highest BCUT2D eigenvalue weighted by atomic mass is 16.5. The lowest BCUT2D eigenvalue weighted by Crippen LogP contribution is -2.48. The maximum atomic E-state index is 12.3. The molecule has 5 heteroatoms. The fourth-order valence-electron chi connectivity index (χ4n) is 3.17. The molecule has 1 aliphatic heterocycles. The van der Waals surface area contributed by atoms with Crippen LogP contribution < -0.4 is 11.1 Å². The molecule has 1 aliphatic carbocycles. The molecule has 2 aliphatic rings. The van der Waals surface area contributed by atoms with Gasteiger partial charge in [0.05, 0.1) is 13.2 Å². The van der Waals surface area contributed by atoms with E-state index >= 15 is 0 Å². The van der Waals surface area contributed by atoms with Crippen molar-refractivity contribution in [1.29, 1.82) is 0 Å². The molecule has 0 bridgehead atoms. The molecule has 3 N–H and O–H groups in total. The van der Waals surface area contributed by atoms with Crippen LogP contribution in [0.3, 0.4) is 0 Å².